The maximum absolute atomic E-state index is 11.8. The Labute approximate surface area is 117 Å². The maximum atomic E-state index is 11.8. The number of carbonyl (C=O) groups is 1. The summed E-state index contributed by atoms with van der Waals surface area (Å²) in [6.45, 7) is -0.759. The van der Waals surface area contributed by atoms with Crippen LogP contribution in [-0.4, -0.2) is 62.2 Å². The highest BCUT2D eigenvalue weighted by atomic mass is 32.2. The Morgan fingerprint density at radius 2 is 1.70 bits per heavy atom. The van der Waals surface area contributed by atoms with E-state index in [4.69, 9.17) is 10.2 Å². The second-order valence-corrected chi connectivity index (χ2v) is 6.50. The quantitative estimate of drug-likeness (QED) is 0.626. The standard InChI is InChI=1S/C12H18N2O5S/c1-14(2)20(18,19)11-5-3-9(4-6-11)12(17)13-10(7-15)8-16/h3-6,10,15-16H,7-8H2,1-2H3,(H,13,17). The third kappa shape index (κ3) is 3.76. The third-order valence-corrected chi connectivity index (χ3v) is 4.50. The second-order valence-electron chi connectivity index (χ2n) is 4.35. The number of nitrogens with one attached hydrogen (secondary N) is 1. The number of hydrogen-bond donors (Lipinski definition) is 3. The Balaban J connectivity index is 2.89. The molecule has 0 saturated carbocycles. The van der Waals surface area contributed by atoms with Gasteiger partial charge in [-0.05, 0) is 24.3 Å². The second kappa shape index (κ2) is 6.80. The lowest BCUT2D eigenvalue weighted by Crippen LogP contribution is -2.40. The molecule has 8 heteroatoms. The molecule has 0 aliphatic heterocycles. The smallest absolute Gasteiger partial charge is 0.251 e. The average molecular weight is 302 g/mol. The molecule has 0 aliphatic rings. The van der Waals surface area contributed by atoms with Crippen molar-refractivity contribution in [2.45, 2.75) is 10.9 Å². The molecule has 0 aliphatic carbocycles. The van der Waals surface area contributed by atoms with Crippen LogP contribution in [0, 0.1) is 0 Å². The van der Waals surface area contributed by atoms with Crippen LogP contribution in [0.2, 0.25) is 0 Å². The molecule has 0 aromatic heterocycles. The lowest BCUT2D eigenvalue weighted by Gasteiger charge is -2.14. The van der Waals surface area contributed by atoms with Crippen LogP contribution in [0.4, 0.5) is 0 Å². The molecule has 1 amide bonds. The van der Waals surface area contributed by atoms with Gasteiger partial charge in [0.05, 0.1) is 24.2 Å². The maximum Gasteiger partial charge on any atom is 0.251 e. The monoisotopic (exact) mass is 302 g/mol. The van der Waals surface area contributed by atoms with Crippen molar-refractivity contribution in [2.75, 3.05) is 27.3 Å². The molecule has 3 N–H and O–H groups in total. The van der Waals surface area contributed by atoms with Gasteiger partial charge in [0.1, 0.15) is 0 Å². The minimum Gasteiger partial charge on any atom is -0.394 e. The Morgan fingerprint density at radius 3 is 2.10 bits per heavy atom. The fraction of sp³-hybridized carbons (Fsp3) is 0.417. The summed E-state index contributed by atoms with van der Waals surface area (Å²) in [5.41, 5.74) is 0.245. The van der Waals surface area contributed by atoms with E-state index in [-0.39, 0.29) is 23.7 Å². The van der Waals surface area contributed by atoms with E-state index >= 15 is 0 Å². The van der Waals surface area contributed by atoms with Crippen LogP contribution in [0.1, 0.15) is 10.4 Å². The zero-order valence-corrected chi connectivity index (χ0v) is 12.1. The minimum atomic E-state index is -3.53. The number of benzene rings is 1. The fourth-order valence-corrected chi connectivity index (χ4v) is 2.31. The average Bonchev–Trinajstić information content (AvgIpc) is 2.44. The van der Waals surface area contributed by atoms with Crippen molar-refractivity contribution >= 4 is 15.9 Å². The molecule has 0 bridgehead atoms. The van der Waals surface area contributed by atoms with Crippen molar-refractivity contribution in [3.63, 3.8) is 0 Å². The van der Waals surface area contributed by atoms with E-state index in [0.29, 0.717) is 0 Å². The summed E-state index contributed by atoms with van der Waals surface area (Å²) in [6, 6.07) is 4.66. The van der Waals surface area contributed by atoms with Crippen LogP contribution in [0.5, 0.6) is 0 Å². The Kier molecular flexibility index (Phi) is 5.63. The molecule has 1 aromatic carbocycles. The number of carbonyl (C=O) groups excluding carboxylic acids is 1. The molecule has 0 fully saturated rings. The molecule has 0 unspecified atom stereocenters. The molecule has 20 heavy (non-hydrogen) atoms. The van der Waals surface area contributed by atoms with Crippen LogP contribution < -0.4 is 5.32 Å². The van der Waals surface area contributed by atoms with Crippen molar-refractivity contribution < 1.29 is 23.4 Å². The number of hydrogen-bond acceptors (Lipinski definition) is 5. The van der Waals surface area contributed by atoms with Crippen molar-refractivity contribution in [1.82, 2.24) is 9.62 Å². The van der Waals surface area contributed by atoms with Crippen molar-refractivity contribution in [2.24, 2.45) is 0 Å². The lowest BCUT2D eigenvalue weighted by atomic mass is 10.2. The third-order valence-electron chi connectivity index (χ3n) is 2.67. The van der Waals surface area contributed by atoms with Gasteiger partial charge in [-0.25, -0.2) is 12.7 Å². The van der Waals surface area contributed by atoms with Gasteiger partial charge in [0.25, 0.3) is 5.91 Å². The van der Waals surface area contributed by atoms with Crippen molar-refractivity contribution in [3.8, 4) is 0 Å². The summed E-state index contributed by atoms with van der Waals surface area (Å²) >= 11 is 0. The van der Waals surface area contributed by atoms with Gasteiger partial charge in [-0.3, -0.25) is 4.79 Å². The van der Waals surface area contributed by atoms with Crippen LogP contribution >= 0.6 is 0 Å². The van der Waals surface area contributed by atoms with E-state index in [2.05, 4.69) is 5.32 Å². The minimum absolute atomic E-state index is 0.0833. The van der Waals surface area contributed by atoms with Gasteiger partial charge in [-0.2, -0.15) is 0 Å². The highest BCUT2D eigenvalue weighted by Crippen LogP contribution is 2.14. The van der Waals surface area contributed by atoms with Crippen LogP contribution in [0.3, 0.4) is 0 Å². The zero-order chi connectivity index (χ0) is 15.3. The van der Waals surface area contributed by atoms with Crippen LogP contribution in [0.25, 0.3) is 0 Å². The first kappa shape index (κ1) is 16.6. The van der Waals surface area contributed by atoms with Gasteiger partial charge in [0, 0.05) is 19.7 Å². The van der Waals surface area contributed by atoms with E-state index < -0.39 is 22.0 Å². The summed E-state index contributed by atoms with van der Waals surface area (Å²) in [6.07, 6.45) is 0. The molecule has 0 spiro atoms. The van der Waals surface area contributed by atoms with E-state index in [1.807, 2.05) is 0 Å². The zero-order valence-electron chi connectivity index (χ0n) is 11.3. The molecule has 0 radical (unpaired) electrons. The molecule has 0 atom stereocenters. The van der Waals surface area contributed by atoms with Gasteiger partial charge >= 0.3 is 0 Å². The SMILES string of the molecule is CN(C)S(=O)(=O)c1ccc(C(=O)NC(CO)CO)cc1. The first-order valence-corrected chi connectivity index (χ1v) is 7.32. The lowest BCUT2D eigenvalue weighted by molar-refractivity contribution is 0.0879. The number of nitrogens with zero attached hydrogens (tertiary/aromatic N) is 1. The molecular weight excluding hydrogens is 284 g/mol. The van der Waals surface area contributed by atoms with E-state index in [0.717, 1.165) is 4.31 Å². The number of amides is 1. The summed E-state index contributed by atoms with van der Waals surface area (Å²) in [4.78, 5) is 11.9. The molecular formula is C12H18N2O5S. The Bertz CT molecular complexity index is 550. The summed E-state index contributed by atoms with van der Waals surface area (Å²) in [7, 11) is -0.691. The van der Waals surface area contributed by atoms with Crippen LogP contribution in [-0.2, 0) is 10.0 Å². The number of aliphatic hydroxyl groups is 2. The van der Waals surface area contributed by atoms with Gasteiger partial charge in [0.2, 0.25) is 10.0 Å². The Hall–Kier alpha value is -1.48. The molecule has 112 valence electrons. The van der Waals surface area contributed by atoms with Gasteiger partial charge in [-0.15, -0.1) is 0 Å². The predicted octanol–water partition coefficient (Wildman–Crippen LogP) is -0.980. The molecule has 0 heterocycles. The first-order valence-electron chi connectivity index (χ1n) is 5.88. The summed E-state index contributed by atoms with van der Waals surface area (Å²) in [5, 5.41) is 20.2. The molecule has 7 nitrogen and oxygen atoms in total. The molecule has 1 rings (SSSR count). The van der Waals surface area contributed by atoms with Gasteiger partial charge in [-0.1, -0.05) is 0 Å². The van der Waals surface area contributed by atoms with Crippen molar-refractivity contribution in [1.29, 1.82) is 0 Å². The largest absolute Gasteiger partial charge is 0.394 e. The van der Waals surface area contributed by atoms with Crippen LogP contribution in [0.15, 0.2) is 29.2 Å². The number of aliphatic hydroxyl groups excluding tert-OH is 2. The van der Waals surface area contributed by atoms with Gasteiger partial charge in [0.15, 0.2) is 0 Å². The van der Waals surface area contributed by atoms with Gasteiger partial charge < -0.3 is 15.5 Å². The van der Waals surface area contributed by atoms with E-state index in [1.54, 1.807) is 0 Å². The molecule has 0 saturated heterocycles. The normalized spacial score (nSPS) is 11.9. The first-order chi connectivity index (χ1) is 9.32. The molecule has 1 aromatic rings. The van der Waals surface area contributed by atoms with Crippen molar-refractivity contribution in [3.05, 3.63) is 29.8 Å². The predicted molar refractivity (Wildman–Crippen MR) is 72.7 cm³/mol. The number of sulfonamides is 1. The van der Waals surface area contributed by atoms with E-state index in [9.17, 15) is 13.2 Å². The summed E-state index contributed by atoms with van der Waals surface area (Å²) in [5.74, 6) is -0.494. The highest BCUT2D eigenvalue weighted by molar-refractivity contribution is 7.89. The fourth-order valence-electron chi connectivity index (χ4n) is 1.41. The highest BCUT2D eigenvalue weighted by Gasteiger charge is 2.18. The topological polar surface area (TPSA) is 107 Å². The Morgan fingerprint density at radius 1 is 1.20 bits per heavy atom. The number of rotatable bonds is 6. The summed E-state index contributed by atoms with van der Waals surface area (Å²) < 4.78 is 24.8. The van der Waals surface area contributed by atoms with E-state index in [1.165, 1.54) is 38.4 Å².